The van der Waals surface area contributed by atoms with Crippen LogP contribution in [0.15, 0.2) is 49.1 Å². The molecule has 2 fully saturated rings. The Bertz CT molecular complexity index is 1020. The van der Waals surface area contributed by atoms with Crippen LogP contribution < -0.4 is 0 Å². The molecule has 4 rings (SSSR count). The summed E-state index contributed by atoms with van der Waals surface area (Å²) in [5.74, 6) is 0.207. The third-order valence-corrected chi connectivity index (χ3v) is 8.67. The maximum absolute atomic E-state index is 14.0. The van der Waals surface area contributed by atoms with Gasteiger partial charge in [0.25, 0.3) is 0 Å². The molecular weight excluding hydrogens is 464 g/mol. The molecule has 0 amide bonds. The fourth-order valence-corrected chi connectivity index (χ4v) is 6.24. The lowest BCUT2D eigenvalue weighted by atomic mass is 9.76. The zero-order chi connectivity index (χ0) is 26.0. The van der Waals surface area contributed by atoms with Crippen molar-refractivity contribution in [3.05, 3.63) is 82.9 Å². The number of aryl methyl sites for hydroxylation is 2. The highest BCUT2D eigenvalue weighted by atomic mass is 19.1. The van der Waals surface area contributed by atoms with Gasteiger partial charge in [-0.2, -0.15) is 5.26 Å². The van der Waals surface area contributed by atoms with E-state index in [1.165, 1.54) is 61.8 Å². The van der Waals surface area contributed by atoms with Crippen LogP contribution >= 0.6 is 0 Å². The van der Waals surface area contributed by atoms with Gasteiger partial charge in [-0.1, -0.05) is 30.3 Å². The fraction of sp³-hybridized carbons (Fsp3) is 0.545. The first-order chi connectivity index (χ1) is 18.1. The monoisotopic (exact) mass is 505 g/mol. The van der Waals surface area contributed by atoms with E-state index >= 15 is 0 Å². The summed E-state index contributed by atoms with van der Waals surface area (Å²) in [7, 11) is 0. The Labute approximate surface area is 221 Å². The molecule has 0 unspecified atom stereocenters. The first-order valence-corrected chi connectivity index (χ1v) is 14.2. The lowest BCUT2D eigenvalue weighted by molar-refractivity contribution is 0.0198. The van der Waals surface area contributed by atoms with Crippen molar-refractivity contribution in [2.24, 2.45) is 11.8 Å². The number of benzene rings is 2. The van der Waals surface area contributed by atoms with E-state index in [1.807, 2.05) is 6.08 Å². The molecule has 0 heterocycles. The molecular formula is C33H41F2NO. The van der Waals surface area contributed by atoms with Gasteiger partial charge in [-0.05, 0) is 130 Å². The van der Waals surface area contributed by atoms with Gasteiger partial charge in [-0.3, -0.25) is 0 Å². The largest absolute Gasteiger partial charge is 0.378 e. The highest BCUT2D eigenvalue weighted by Gasteiger charge is 2.24. The van der Waals surface area contributed by atoms with Crippen molar-refractivity contribution < 1.29 is 13.5 Å². The molecule has 2 aliphatic carbocycles. The Morgan fingerprint density at radius 1 is 0.838 bits per heavy atom. The van der Waals surface area contributed by atoms with Crippen molar-refractivity contribution in [3.63, 3.8) is 0 Å². The third kappa shape index (κ3) is 7.99. The van der Waals surface area contributed by atoms with Crippen LogP contribution in [0.2, 0.25) is 0 Å². The summed E-state index contributed by atoms with van der Waals surface area (Å²) in [4.78, 5) is 0. The molecule has 198 valence electrons. The van der Waals surface area contributed by atoms with Gasteiger partial charge in [0.1, 0.15) is 23.3 Å². The first kappa shape index (κ1) is 27.5. The highest BCUT2D eigenvalue weighted by Crippen LogP contribution is 2.38. The fourth-order valence-electron chi connectivity index (χ4n) is 6.24. The SMILES string of the molecule is C=CCCOC1CCC(CCc2ccc(CCC3CCC(c4cc(F)c(C#N)c(F)c4)CC3)cc2)CC1. The molecule has 0 bridgehead atoms. The van der Waals surface area contributed by atoms with Crippen LogP contribution in [0.3, 0.4) is 0 Å². The number of hydrogen-bond acceptors (Lipinski definition) is 2. The van der Waals surface area contributed by atoms with Crippen LogP contribution in [-0.4, -0.2) is 12.7 Å². The Hall–Kier alpha value is -2.51. The molecule has 0 aromatic heterocycles. The van der Waals surface area contributed by atoms with Gasteiger partial charge in [0.2, 0.25) is 0 Å². The molecule has 0 N–H and O–H groups in total. The van der Waals surface area contributed by atoms with Crippen molar-refractivity contribution in [2.45, 2.75) is 95.5 Å². The molecule has 0 radical (unpaired) electrons. The van der Waals surface area contributed by atoms with Crippen LogP contribution in [0, 0.1) is 34.8 Å². The predicted octanol–water partition coefficient (Wildman–Crippen LogP) is 8.83. The normalized spacial score (nSPS) is 23.9. The summed E-state index contributed by atoms with van der Waals surface area (Å²) in [6.45, 7) is 4.57. The molecule has 2 nitrogen and oxygen atoms in total. The first-order valence-electron chi connectivity index (χ1n) is 14.2. The van der Waals surface area contributed by atoms with Crippen molar-refractivity contribution in [3.8, 4) is 6.07 Å². The minimum atomic E-state index is -0.736. The Morgan fingerprint density at radius 3 is 1.84 bits per heavy atom. The molecule has 2 saturated carbocycles. The second-order valence-corrected chi connectivity index (χ2v) is 11.2. The number of ether oxygens (including phenoxy) is 1. The number of nitriles is 1. The van der Waals surface area contributed by atoms with Gasteiger partial charge in [0.05, 0.1) is 12.7 Å². The lowest BCUT2D eigenvalue weighted by Crippen LogP contribution is -2.22. The summed E-state index contributed by atoms with van der Waals surface area (Å²) in [5.41, 5.74) is 3.07. The standard InChI is InChI=1S/C33H41F2NO/c1-2-3-20-37-30-18-14-27(15-19-30)11-9-25-6-4-24(5-7-25)8-10-26-12-16-28(17-13-26)29-21-32(34)31(23-36)33(35)22-29/h2,4-7,21-22,26-28,30H,1,3,8-20H2. The van der Waals surface area contributed by atoms with Crippen LogP contribution in [0.25, 0.3) is 0 Å². The van der Waals surface area contributed by atoms with E-state index in [2.05, 4.69) is 30.8 Å². The predicted molar refractivity (Wildman–Crippen MR) is 145 cm³/mol. The molecule has 2 aliphatic rings. The molecule has 0 spiro atoms. The smallest absolute Gasteiger partial charge is 0.144 e. The van der Waals surface area contributed by atoms with E-state index in [4.69, 9.17) is 10.00 Å². The van der Waals surface area contributed by atoms with Crippen molar-refractivity contribution in [1.82, 2.24) is 0 Å². The molecule has 2 aromatic carbocycles. The Balaban J connectivity index is 1.14. The maximum Gasteiger partial charge on any atom is 0.144 e. The molecule has 0 atom stereocenters. The molecule has 4 heteroatoms. The van der Waals surface area contributed by atoms with E-state index in [9.17, 15) is 8.78 Å². The van der Waals surface area contributed by atoms with Crippen LogP contribution in [-0.2, 0) is 17.6 Å². The van der Waals surface area contributed by atoms with E-state index in [0.717, 1.165) is 57.5 Å². The molecule has 2 aromatic rings. The van der Waals surface area contributed by atoms with Gasteiger partial charge in [0, 0.05) is 0 Å². The summed E-state index contributed by atoms with van der Waals surface area (Å²) in [5, 5.41) is 8.88. The van der Waals surface area contributed by atoms with Gasteiger partial charge in [0.15, 0.2) is 0 Å². The number of nitrogens with zero attached hydrogens (tertiary/aromatic N) is 1. The van der Waals surface area contributed by atoms with Gasteiger partial charge >= 0.3 is 0 Å². The molecule has 0 aliphatic heterocycles. The van der Waals surface area contributed by atoms with E-state index in [0.29, 0.717) is 17.6 Å². The highest BCUT2D eigenvalue weighted by molar-refractivity contribution is 5.36. The van der Waals surface area contributed by atoms with Gasteiger partial charge < -0.3 is 4.74 Å². The van der Waals surface area contributed by atoms with Crippen molar-refractivity contribution in [1.29, 1.82) is 5.26 Å². The van der Waals surface area contributed by atoms with Crippen LogP contribution in [0.4, 0.5) is 8.78 Å². The molecule has 37 heavy (non-hydrogen) atoms. The maximum atomic E-state index is 14.0. The van der Waals surface area contributed by atoms with Crippen LogP contribution in [0.5, 0.6) is 0 Å². The average molecular weight is 506 g/mol. The zero-order valence-electron chi connectivity index (χ0n) is 22.1. The van der Waals surface area contributed by atoms with Crippen molar-refractivity contribution >= 4 is 0 Å². The van der Waals surface area contributed by atoms with E-state index in [1.54, 1.807) is 6.07 Å². The van der Waals surface area contributed by atoms with Gasteiger partial charge in [-0.15, -0.1) is 6.58 Å². The Morgan fingerprint density at radius 2 is 1.35 bits per heavy atom. The lowest BCUT2D eigenvalue weighted by Gasteiger charge is -2.29. The Kier molecular flexibility index (Phi) is 10.3. The minimum absolute atomic E-state index is 0.187. The second kappa shape index (κ2) is 13.9. The topological polar surface area (TPSA) is 33.0 Å². The zero-order valence-corrected chi connectivity index (χ0v) is 22.1. The summed E-state index contributed by atoms with van der Waals surface area (Å²) < 4.78 is 34.0. The van der Waals surface area contributed by atoms with E-state index in [-0.39, 0.29) is 5.92 Å². The van der Waals surface area contributed by atoms with Crippen LogP contribution in [0.1, 0.15) is 98.8 Å². The van der Waals surface area contributed by atoms with E-state index < -0.39 is 17.2 Å². The van der Waals surface area contributed by atoms with Gasteiger partial charge in [-0.25, -0.2) is 8.78 Å². The second-order valence-electron chi connectivity index (χ2n) is 11.2. The quantitative estimate of drug-likeness (QED) is 0.226. The minimum Gasteiger partial charge on any atom is -0.378 e. The summed E-state index contributed by atoms with van der Waals surface area (Å²) in [6, 6.07) is 13.5. The molecule has 0 saturated heterocycles. The summed E-state index contributed by atoms with van der Waals surface area (Å²) in [6.07, 6.45) is 17.1. The number of rotatable bonds is 11. The average Bonchev–Trinajstić information content (AvgIpc) is 2.92. The summed E-state index contributed by atoms with van der Waals surface area (Å²) >= 11 is 0. The number of halogens is 2. The number of hydrogen-bond donors (Lipinski definition) is 0. The third-order valence-electron chi connectivity index (χ3n) is 8.67. The van der Waals surface area contributed by atoms with Crippen molar-refractivity contribution in [2.75, 3.05) is 6.61 Å².